The van der Waals surface area contributed by atoms with E-state index < -0.39 is 0 Å². The van der Waals surface area contributed by atoms with Crippen molar-refractivity contribution >= 4 is 16.6 Å². The zero-order valence-corrected chi connectivity index (χ0v) is 12.7. The topological polar surface area (TPSA) is 42.7 Å². The van der Waals surface area contributed by atoms with Crippen molar-refractivity contribution in [3.63, 3.8) is 0 Å². The Bertz CT molecular complexity index is 747. The van der Waals surface area contributed by atoms with Crippen molar-refractivity contribution in [2.45, 2.75) is 32.9 Å². The Morgan fingerprint density at radius 3 is 2.76 bits per heavy atom. The van der Waals surface area contributed by atoms with E-state index in [1.165, 1.54) is 5.56 Å². The van der Waals surface area contributed by atoms with E-state index in [0.29, 0.717) is 0 Å². The van der Waals surface area contributed by atoms with E-state index in [1.807, 2.05) is 35.3 Å². The average Bonchev–Trinajstić information content (AvgIpc) is 2.94. The zero-order valence-electron chi connectivity index (χ0n) is 12.7. The zero-order chi connectivity index (χ0) is 14.9. The number of hydrogen-bond donors (Lipinski definition) is 1. The van der Waals surface area contributed by atoms with Crippen LogP contribution >= 0.6 is 0 Å². The predicted octanol–water partition coefficient (Wildman–Crippen LogP) is 3.80. The summed E-state index contributed by atoms with van der Waals surface area (Å²) < 4.78 is 1.99. The molecule has 2 heterocycles. The van der Waals surface area contributed by atoms with Crippen LogP contribution in [-0.2, 0) is 12.1 Å². The maximum Gasteiger partial charge on any atom is 0.0722 e. The summed E-state index contributed by atoms with van der Waals surface area (Å²) >= 11 is 0. The predicted molar refractivity (Wildman–Crippen MR) is 86.3 cm³/mol. The Morgan fingerprint density at radius 1 is 1.14 bits per heavy atom. The van der Waals surface area contributed by atoms with Crippen molar-refractivity contribution in [3.05, 3.63) is 54.5 Å². The SMILES string of the molecule is CC(C)(C)n1cc(CNc2cccc3ncccc23)cn1. The highest BCUT2D eigenvalue weighted by Gasteiger charge is 2.13. The normalized spacial score (nSPS) is 11.8. The first-order valence-corrected chi connectivity index (χ1v) is 7.16. The van der Waals surface area contributed by atoms with Gasteiger partial charge in [-0.2, -0.15) is 5.10 Å². The fourth-order valence-corrected chi connectivity index (χ4v) is 2.27. The molecule has 0 radical (unpaired) electrons. The van der Waals surface area contributed by atoms with Crippen molar-refractivity contribution in [3.8, 4) is 0 Å². The fraction of sp³-hybridized carbons (Fsp3) is 0.294. The van der Waals surface area contributed by atoms with E-state index in [1.54, 1.807) is 0 Å². The fourth-order valence-electron chi connectivity index (χ4n) is 2.27. The molecule has 0 bridgehead atoms. The van der Waals surface area contributed by atoms with Gasteiger partial charge < -0.3 is 5.32 Å². The summed E-state index contributed by atoms with van der Waals surface area (Å²) in [5.41, 5.74) is 3.30. The minimum absolute atomic E-state index is 0.0155. The van der Waals surface area contributed by atoms with Gasteiger partial charge in [-0.25, -0.2) is 0 Å². The average molecular weight is 280 g/mol. The van der Waals surface area contributed by atoms with Crippen LogP contribution in [0.15, 0.2) is 48.9 Å². The van der Waals surface area contributed by atoms with Crippen LogP contribution in [0.5, 0.6) is 0 Å². The number of aromatic nitrogens is 3. The number of benzene rings is 1. The van der Waals surface area contributed by atoms with Crippen molar-refractivity contribution in [1.82, 2.24) is 14.8 Å². The number of anilines is 1. The van der Waals surface area contributed by atoms with Crippen LogP contribution in [0, 0.1) is 0 Å². The first kappa shape index (κ1) is 13.6. The minimum atomic E-state index is 0.0155. The molecule has 0 fully saturated rings. The molecule has 3 aromatic rings. The van der Waals surface area contributed by atoms with E-state index in [-0.39, 0.29) is 5.54 Å². The quantitative estimate of drug-likeness (QED) is 0.793. The van der Waals surface area contributed by atoms with Gasteiger partial charge in [0.1, 0.15) is 0 Å². The lowest BCUT2D eigenvalue weighted by Crippen LogP contribution is -2.21. The number of nitrogens with zero attached hydrogens (tertiary/aromatic N) is 3. The van der Waals surface area contributed by atoms with Gasteiger partial charge in [-0.3, -0.25) is 9.67 Å². The third-order valence-corrected chi connectivity index (χ3v) is 3.45. The summed E-state index contributed by atoms with van der Waals surface area (Å²) in [5, 5.41) is 9.04. The smallest absolute Gasteiger partial charge is 0.0722 e. The lowest BCUT2D eigenvalue weighted by atomic mass is 10.1. The largest absolute Gasteiger partial charge is 0.380 e. The molecule has 0 unspecified atom stereocenters. The lowest BCUT2D eigenvalue weighted by molar-refractivity contribution is 0.355. The third kappa shape index (κ3) is 2.89. The summed E-state index contributed by atoms with van der Waals surface area (Å²) in [5.74, 6) is 0. The summed E-state index contributed by atoms with van der Waals surface area (Å²) in [6.45, 7) is 7.19. The maximum absolute atomic E-state index is 4.43. The van der Waals surface area contributed by atoms with Gasteiger partial charge in [0.05, 0.1) is 17.3 Å². The first-order valence-electron chi connectivity index (χ1n) is 7.16. The maximum atomic E-state index is 4.43. The summed E-state index contributed by atoms with van der Waals surface area (Å²) in [6, 6.07) is 10.2. The molecule has 3 rings (SSSR count). The van der Waals surface area contributed by atoms with Gasteiger partial charge in [0.15, 0.2) is 0 Å². The Kier molecular flexibility index (Phi) is 3.37. The summed E-state index contributed by atoms with van der Waals surface area (Å²) in [6.07, 6.45) is 5.83. The molecule has 0 aliphatic rings. The molecule has 4 heteroatoms. The van der Waals surface area contributed by atoms with Crippen molar-refractivity contribution < 1.29 is 0 Å². The molecule has 0 aliphatic carbocycles. The number of pyridine rings is 1. The van der Waals surface area contributed by atoms with Crippen molar-refractivity contribution in [2.75, 3.05) is 5.32 Å². The van der Waals surface area contributed by atoms with Crippen LogP contribution < -0.4 is 5.32 Å². The lowest BCUT2D eigenvalue weighted by Gasteiger charge is -2.18. The van der Waals surface area contributed by atoms with Crippen LogP contribution in [-0.4, -0.2) is 14.8 Å². The first-order chi connectivity index (χ1) is 10.0. The number of nitrogens with one attached hydrogen (secondary N) is 1. The van der Waals surface area contributed by atoms with Gasteiger partial charge in [0, 0.05) is 35.6 Å². The minimum Gasteiger partial charge on any atom is -0.380 e. The van der Waals surface area contributed by atoms with E-state index in [9.17, 15) is 0 Å². The van der Waals surface area contributed by atoms with Crippen molar-refractivity contribution in [2.24, 2.45) is 0 Å². The molecule has 0 aliphatic heterocycles. The number of fused-ring (bicyclic) bond motifs is 1. The molecule has 0 amide bonds. The highest BCUT2D eigenvalue weighted by molar-refractivity contribution is 5.91. The van der Waals surface area contributed by atoms with Crippen LogP contribution in [0.3, 0.4) is 0 Å². The van der Waals surface area contributed by atoms with E-state index >= 15 is 0 Å². The summed E-state index contributed by atoms with van der Waals surface area (Å²) in [7, 11) is 0. The van der Waals surface area contributed by atoms with Gasteiger partial charge in [0.25, 0.3) is 0 Å². The molecule has 1 N–H and O–H groups in total. The molecule has 0 saturated carbocycles. The second kappa shape index (κ2) is 5.20. The van der Waals surface area contributed by atoms with Gasteiger partial charge in [-0.05, 0) is 45.0 Å². The second-order valence-electron chi connectivity index (χ2n) is 6.19. The van der Waals surface area contributed by atoms with Crippen LogP contribution in [0.1, 0.15) is 26.3 Å². The Labute approximate surface area is 124 Å². The molecule has 4 nitrogen and oxygen atoms in total. The monoisotopic (exact) mass is 280 g/mol. The van der Waals surface area contributed by atoms with E-state index in [0.717, 1.165) is 23.1 Å². The van der Waals surface area contributed by atoms with Gasteiger partial charge in [-0.15, -0.1) is 0 Å². The molecule has 1 aromatic carbocycles. The Hall–Kier alpha value is -2.36. The highest BCUT2D eigenvalue weighted by Crippen LogP contribution is 2.22. The molecule has 0 saturated heterocycles. The molecular weight excluding hydrogens is 260 g/mol. The number of rotatable bonds is 3. The standard InChI is InChI=1S/C17H20N4/c1-17(2,3)21-12-13(11-20-21)10-19-16-8-4-7-15-14(16)6-5-9-18-15/h4-9,11-12,19H,10H2,1-3H3. The van der Waals surface area contributed by atoms with Gasteiger partial charge in [0.2, 0.25) is 0 Å². The third-order valence-electron chi connectivity index (χ3n) is 3.45. The van der Waals surface area contributed by atoms with Crippen molar-refractivity contribution in [1.29, 1.82) is 0 Å². The second-order valence-corrected chi connectivity index (χ2v) is 6.19. The van der Waals surface area contributed by atoms with E-state index in [2.05, 4.69) is 54.5 Å². The molecular formula is C17H20N4. The molecule has 2 aromatic heterocycles. The Morgan fingerprint density at radius 2 is 2.00 bits per heavy atom. The van der Waals surface area contributed by atoms with Gasteiger partial charge >= 0.3 is 0 Å². The molecule has 108 valence electrons. The summed E-state index contributed by atoms with van der Waals surface area (Å²) in [4.78, 5) is 4.38. The Balaban J connectivity index is 1.79. The highest BCUT2D eigenvalue weighted by atomic mass is 15.3. The van der Waals surface area contributed by atoms with Crippen LogP contribution in [0.4, 0.5) is 5.69 Å². The van der Waals surface area contributed by atoms with Crippen LogP contribution in [0.25, 0.3) is 10.9 Å². The van der Waals surface area contributed by atoms with Gasteiger partial charge in [-0.1, -0.05) is 6.07 Å². The van der Waals surface area contributed by atoms with Crippen LogP contribution in [0.2, 0.25) is 0 Å². The van der Waals surface area contributed by atoms with E-state index in [4.69, 9.17) is 0 Å². The number of hydrogen-bond acceptors (Lipinski definition) is 3. The molecule has 21 heavy (non-hydrogen) atoms. The molecule has 0 spiro atoms. The molecule has 0 atom stereocenters.